The molecule has 3 aromatic rings. The van der Waals surface area contributed by atoms with Crippen LogP contribution in [0.2, 0.25) is 0 Å². The van der Waals surface area contributed by atoms with Crippen LogP contribution in [-0.2, 0) is 17.0 Å². The van der Waals surface area contributed by atoms with Gasteiger partial charge in [-0.3, -0.25) is 4.57 Å². The molecule has 1 saturated heterocycles. The van der Waals surface area contributed by atoms with Gasteiger partial charge in [-0.1, -0.05) is 11.8 Å². The van der Waals surface area contributed by atoms with Crippen LogP contribution in [0.4, 0.5) is 5.82 Å². The molecule has 0 aromatic carbocycles. The fraction of sp³-hybridized carbons (Fsp3) is 0.500. The molecule has 4 rings (SSSR count). The SMILES string of the molecule is Cc1oc2nc(CSc3n[nH]c(=O)n3CC3CCCO3)nc(N)c2c1C. The van der Waals surface area contributed by atoms with Gasteiger partial charge in [-0.05, 0) is 26.7 Å². The minimum atomic E-state index is -0.240. The monoisotopic (exact) mass is 376 g/mol. The Morgan fingerprint density at radius 2 is 2.23 bits per heavy atom. The van der Waals surface area contributed by atoms with Gasteiger partial charge in [0.2, 0.25) is 5.71 Å². The third-order valence-corrected chi connectivity index (χ3v) is 5.54. The summed E-state index contributed by atoms with van der Waals surface area (Å²) in [6, 6.07) is 0. The summed E-state index contributed by atoms with van der Waals surface area (Å²) < 4.78 is 12.9. The zero-order valence-corrected chi connectivity index (χ0v) is 15.4. The Labute approximate surface area is 153 Å². The molecule has 3 aromatic heterocycles. The molecule has 0 radical (unpaired) electrons. The molecule has 9 nitrogen and oxygen atoms in total. The van der Waals surface area contributed by atoms with E-state index in [4.69, 9.17) is 14.9 Å². The smallest absolute Gasteiger partial charge is 0.344 e. The molecule has 26 heavy (non-hydrogen) atoms. The van der Waals surface area contributed by atoms with E-state index in [1.807, 2.05) is 13.8 Å². The van der Waals surface area contributed by atoms with Gasteiger partial charge in [-0.15, -0.1) is 5.10 Å². The summed E-state index contributed by atoms with van der Waals surface area (Å²) in [7, 11) is 0. The van der Waals surface area contributed by atoms with Gasteiger partial charge in [0.1, 0.15) is 17.4 Å². The van der Waals surface area contributed by atoms with Crippen molar-refractivity contribution >= 4 is 28.7 Å². The average Bonchev–Trinajstić information content (AvgIpc) is 3.30. The predicted octanol–water partition coefficient (Wildman–Crippen LogP) is 1.78. The number of nitrogens with two attached hydrogens (primary N) is 1. The number of hydrogen-bond donors (Lipinski definition) is 2. The van der Waals surface area contributed by atoms with Crippen LogP contribution in [0.1, 0.15) is 30.0 Å². The number of furan rings is 1. The van der Waals surface area contributed by atoms with Crippen molar-refractivity contribution in [1.82, 2.24) is 24.7 Å². The molecule has 1 aliphatic rings. The number of aromatic nitrogens is 5. The summed E-state index contributed by atoms with van der Waals surface area (Å²) in [5.41, 5.74) is 7.27. The molecule has 0 saturated carbocycles. The third-order valence-electron chi connectivity index (χ3n) is 4.57. The van der Waals surface area contributed by atoms with E-state index in [0.717, 1.165) is 36.2 Å². The van der Waals surface area contributed by atoms with Crippen LogP contribution < -0.4 is 11.4 Å². The second-order valence-electron chi connectivity index (χ2n) is 6.33. The number of nitrogen functional groups attached to an aromatic ring is 1. The minimum absolute atomic E-state index is 0.0574. The lowest BCUT2D eigenvalue weighted by Crippen LogP contribution is -2.25. The van der Waals surface area contributed by atoms with E-state index >= 15 is 0 Å². The average molecular weight is 376 g/mol. The van der Waals surface area contributed by atoms with Crippen LogP contribution in [0.3, 0.4) is 0 Å². The standard InChI is InChI=1S/C16H20N6O3S/c1-8-9(2)25-14-12(8)13(17)18-11(19-14)7-26-16-21-20-15(23)22(16)6-10-4-3-5-24-10/h10H,3-7H2,1-2H3,(H,20,23)(H2,17,18,19). The van der Waals surface area contributed by atoms with Gasteiger partial charge in [0.15, 0.2) is 5.16 Å². The maximum atomic E-state index is 12.0. The quantitative estimate of drug-likeness (QED) is 0.646. The molecule has 1 aliphatic heterocycles. The Bertz CT molecular complexity index is 1000. The van der Waals surface area contributed by atoms with Crippen LogP contribution in [0, 0.1) is 13.8 Å². The zero-order valence-electron chi connectivity index (χ0n) is 14.6. The van der Waals surface area contributed by atoms with Crippen LogP contribution in [0.5, 0.6) is 0 Å². The second-order valence-corrected chi connectivity index (χ2v) is 7.28. The first kappa shape index (κ1) is 17.1. The normalized spacial score (nSPS) is 17.4. The lowest BCUT2D eigenvalue weighted by atomic mass is 10.2. The largest absolute Gasteiger partial charge is 0.443 e. The molecule has 10 heteroatoms. The van der Waals surface area contributed by atoms with Crippen LogP contribution in [0.25, 0.3) is 11.1 Å². The maximum absolute atomic E-state index is 12.0. The molecule has 0 aliphatic carbocycles. The molecule has 0 amide bonds. The second kappa shape index (κ2) is 6.76. The highest BCUT2D eigenvalue weighted by Crippen LogP contribution is 2.28. The number of hydrogen-bond acceptors (Lipinski definition) is 8. The number of aromatic amines is 1. The lowest BCUT2D eigenvalue weighted by molar-refractivity contribution is 0.0941. The minimum Gasteiger partial charge on any atom is -0.443 e. The Morgan fingerprint density at radius 3 is 3.00 bits per heavy atom. The Morgan fingerprint density at radius 1 is 1.38 bits per heavy atom. The molecule has 3 N–H and O–H groups in total. The van der Waals surface area contributed by atoms with Crippen LogP contribution in [-0.4, -0.2) is 37.4 Å². The molecule has 4 heterocycles. The molecule has 0 bridgehead atoms. The highest BCUT2D eigenvalue weighted by Gasteiger charge is 2.20. The number of rotatable bonds is 5. The first-order valence-electron chi connectivity index (χ1n) is 8.44. The summed E-state index contributed by atoms with van der Waals surface area (Å²) in [5, 5.41) is 7.93. The maximum Gasteiger partial charge on any atom is 0.344 e. The number of fused-ring (bicyclic) bond motifs is 1. The number of H-pyrrole nitrogens is 1. The molecule has 0 spiro atoms. The number of ether oxygens (including phenoxy) is 1. The first-order valence-corrected chi connectivity index (χ1v) is 9.43. The van der Waals surface area contributed by atoms with Gasteiger partial charge in [-0.2, -0.15) is 4.98 Å². The van der Waals surface area contributed by atoms with Crippen molar-refractivity contribution in [2.45, 2.75) is 50.2 Å². The summed E-state index contributed by atoms with van der Waals surface area (Å²) in [6.45, 7) is 5.05. The highest BCUT2D eigenvalue weighted by atomic mass is 32.2. The van der Waals surface area contributed by atoms with Gasteiger partial charge in [0.05, 0.1) is 23.8 Å². The van der Waals surface area contributed by atoms with Crippen molar-refractivity contribution < 1.29 is 9.15 Å². The summed E-state index contributed by atoms with van der Waals surface area (Å²) in [5.74, 6) is 2.14. The van der Waals surface area contributed by atoms with E-state index < -0.39 is 0 Å². The molecular formula is C16H20N6O3S. The Hall–Kier alpha value is -2.33. The number of nitrogens with zero attached hydrogens (tertiary/aromatic N) is 4. The van der Waals surface area contributed by atoms with Gasteiger partial charge < -0.3 is 14.9 Å². The van der Waals surface area contributed by atoms with Crippen LogP contribution >= 0.6 is 11.8 Å². The van der Waals surface area contributed by atoms with E-state index in [9.17, 15) is 4.79 Å². The lowest BCUT2D eigenvalue weighted by Gasteiger charge is -2.10. The first-order chi connectivity index (χ1) is 12.5. The number of aryl methyl sites for hydroxylation is 2. The van der Waals surface area contributed by atoms with E-state index in [2.05, 4.69) is 20.2 Å². The van der Waals surface area contributed by atoms with E-state index in [1.165, 1.54) is 11.8 Å². The van der Waals surface area contributed by atoms with Crippen molar-refractivity contribution in [2.75, 3.05) is 12.3 Å². The van der Waals surface area contributed by atoms with Crippen molar-refractivity contribution in [1.29, 1.82) is 0 Å². The summed E-state index contributed by atoms with van der Waals surface area (Å²) >= 11 is 1.38. The van der Waals surface area contributed by atoms with Gasteiger partial charge in [0.25, 0.3) is 0 Å². The third kappa shape index (κ3) is 3.10. The van der Waals surface area contributed by atoms with Gasteiger partial charge in [0, 0.05) is 12.2 Å². The summed E-state index contributed by atoms with van der Waals surface area (Å²) in [4.78, 5) is 20.8. The number of nitrogens with one attached hydrogen (secondary N) is 1. The Balaban J connectivity index is 1.54. The van der Waals surface area contributed by atoms with E-state index in [-0.39, 0.29) is 11.8 Å². The number of thioether (sulfide) groups is 1. The van der Waals surface area contributed by atoms with Crippen molar-refractivity contribution in [2.24, 2.45) is 0 Å². The van der Waals surface area contributed by atoms with E-state index in [0.29, 0.717) is 34.8 Å². The van der Waals surface area contributed by atoms with Crippen molar-refractivity contribution in [3.8, 4) is 0 Å². The van der Waals surface area contributed by atoms with Gasteiger partial charge in [-0.25, -0.2) is 14.9 Å². The highest BCUT2D eigenvalue weighted by molar-refractivity contribution is 7.98. The molecule has 1 fully saturated rings. The fourth-order valence-electron chi connectivity index (χ4n) is 3.09. The van der Waals surface area contributed by atoms with Crippen molar-refractivity contribution in [3.05, 3.63) is 27.6 Å². The fourth-order valence-corrected chi connectivity index (χ4v) is 3.90. The zero-order chi connectivity index (χ0) is 18.3. The molecular weight excluding hydrogens is 356 g/mol. The summed E-state index contributed by atoms with van der Waals surface area (Å²) in [6.07, 6.45) is 2.03. The number of anilines is 1. The Kier molecular flexibility index (Phi) is 4.45. The molecule has 1 atom stereocenters. The molecule has 138 valence electrons. The topological polar surface area (TPSA) is 125 Å². The van der Waals surface area contributed by atoms with Gasteiger partial charge >= 0.3 is 5.69 Å². The van der Waals surface area contributed by atoms with Crippen molar-refractivity contribution in [3.63, 3.8) is 0 Å². The van der Waals surface area contributed by atoms with Crippen LogP contribution in [0.15, 0.2) is 14.4 Å². The predicted molar refractivity (Wildman–Crippen MR) is 97.1 cm³/mol. The van der Waals surface area contributed by atoms with E-state index in [1.54, 1.807) is 4.57 Å². The molecule has 1 unspecified atom stereocenters.